The summed E-state index contributed by atoms with van der Waals surface area (Å²) in [5.41, 5.74) is 2.62. The first-order valence-electron chi connectivity index (χ1n) is 6.73. The third-order valence-electron chi connectivity index (χ3n) is 3.32. The Morgan fingerprint density at radius 3 is 2.70 bits per heavy atom. The van der Waals surface area contributed by atoms with Crippen LogP contribution >= 0.6 is 0 Å². The van der Waals surface area contributed by atoms with E-state index in [0.29, 0.717) is 12.2 Å². The summed E-state index contributed by atoms with van der Waals surface area (Å²) in [7, 11) is 1.96. The summed E-state index contributed by atoms with van der Waals surface area (Å²) in [6.45, 7) is 6.61. The second kappa shape index (κ2) is 6.05. The van der Waals surface area contributed by atoms with Crippen molar-refractivity contribution in [3.63, 3.8) is 0 Å². The molecule has 0 saturated heterocycles. The van der Waals surface area contributed by atoms with Gasteiger partial charge in [0.2, 0.25) is 0 Å². The molecule has 20 heavy (non-hydrogen) atoms. The highest BCUT2D eigenvalue weighted by Crippen LogP contribution is 2.22. The summed E-state index contributed by atoms with van der Waals surface area (Å²) in [5.74, 6) is 1.91. The summed E-state index contributed by atoms with van der Waals surface area (Å²) in [6, 6.07) is 1.95. The number of anilines is 1. The Morgan fingerprint density at radius 2 is 2.15 bits per heavy atom. The molecule has 2 aromatic rings. The van der Waals surface area contributed by atoms with Gasteiger partial charge in [0.1, 0.15) is 11.6 Å². The molecule has 5 heteroatoms. The Balaban J connectivity index is 2.25. The Bertz CT molecular complexity index is 578. The highest BCUT2D eigenvalue weighted by molar-refractivity contribution is 5.48. The molecule has 1 N–H and O–H groups in total. The lowest BCUT2D eigenvalue weighted by molar-refractivity contribution is 0.276. The van der Waals surface area contributed by atoms with Gasteiger partial charge >= 0.3 is 0 Å². The molecule has 108 valence electrons. The maximum absolute atomic E-state index is 9.52. The van der Waals surface area contributed by atoms with E-state index in [1.165, 1.54) is 0 Å². The highest BCUT2D eigenvalue weighted by atomic mass is 16.3. The SMILES string of the molecule is Cc1occc1CN(C)c1cnc(C(C)C)nc1CO. The van der Waals surface area contributed by atoms with Crippen molar-refractivity contribution in [1.82, 2.24) is 9.97 Å². The summed E-state index contributed by atoms with van der Waals surface area (Å²) >= 11 is 0. The van der Waals surface area contributed by atoms with Gasteiger partial charge in [-0.1, -0.05) is 13.8 Å². The van der Waals surface area contributed by atoms with E-state index in [0.717, 1.165) is 22.8 Å². The molecule has 0 aliphatic carbocycles. The summed E-state index contributed by atoms with van der Waals surface area (Å²) < 4.78 is 5.30. The minimum absolute atomic E-state index is 0.0910. The molecule has 0 fully saturated rings. The van der Waals surface area contributed by atoms with E-state index in [1.54, 1.807) is 12.5 Å². The predicted octanol–water partition coefficient (Wildman–Crippen LogP) is 2.63. The van der Waals surface area contributed by atoms with Gasteiger partial charge < -0.3 is 14.4 Å². The second-order valence-corrected chi connectivity index (χ2v) is 5.23. The molecule has 2 heterocycles. The lowest BCUT2D eigenvalue weighted by Crippen LogP contribution is -2.20. The van der Waals surface area contributed by atoms with Crippen LogP contribution in [0.4, 0.5) is 5.69 Å². The average Bonchev–Trinajstić information content (AvgIpc) is 2.83. The fourth-order valence-electron chi connectivity index (χ4n) is 2.06. The fraction of sp³-hybridized carbons (Fsp3) is 0.467. The second-order valence-electron chi connectivity index (χ2n) is 5.23. The zero-order valence-electron chi connectivity index (χ0n) is 12.4. The molecular weight excluding hydrogens is 254 g/mol. The van der Waals surface area contributed by atoms with Crippen LogP contribution in [0, 0.1) is 6.92 Å². The molecule has 0 aromatic carbocycles. The Labute approximate surface area is 119 Å². The lowest BCUT2D eigenvalue weighted by Gasteiger charge is -2.21. The number of aliphatic hydroxyl groups is 1. The monoisotopic (exact) mass is 275 g/mol. The molecule has 0 spiro atoms. The topological polar surface area (TPSA) is 62.4 Å². The molecule has 0 unspecified atom stereocenters. The minimum Gasteiger partial charge on any atom is -0.469 e. The van der Waals surface area contributed by atoms with Crippen LogP contribution in [0.2, 0.25) is 0 Å². The molecule has 0 saturated carbocycles. The van der Waals surface area contributed by atoms with E-state index in [9.17, 15) is 5.11 Å². The maximum atomic E-state index is 9.52. The zero-order valence-corrected chi connectivity index (χ0v) is 12.4. The molecular formula is C15H21N3O2. The molecule has 2 rings (SSSR count). The van der Waals surface area contributed by atoms with Crippen molar-refractivity contribution in [2.24, 2.45) is 0 Å². The zero-order chi connectivity index (χ0) is 14.7. The largest absolute Gasteiger partial charge is 0.469 e. The van der Waals surface area contributed by atoms with Gasteiger partial charge in [0.05, 0.1) is 30.4 Å². The normalized spacial score (nSPS) is 11.1. The van der Waals surface area contributed by atoms with E-state index in [2.05, 4.69) is 9.97 Å². The summed E-state index contributed by atoms with van der Waals surface area (Å²) in [5, 5.41) is 9.52. The van der Waals surface area contributed by atoms with Crippen molar-refractivity contribution >= 4 is 5.69 Å². The van der Waals surface area contributed by atoms with Gasteiger partial charge in [-0.3, -0.25) is 0 Å². The Morgan fingerprint density at radius 1 is 1.40 bits per heavy atom. The first-order chi connectivity index (χ1) is 9.52. The van der Waals surface area contributed by atoms with Crippen molar-refractivity contribution in [2.75, 3.05) is 11.9 Å². The number of aryl methyl sites for hydroxylation is 1. The molecule has 0 amide bonds. The van der Waals surface area contributed by atoms with Crippen LogP contribution in [0.3, 0.4) is 0 Å². The molecule has 0 radical (unpaired) electrons. The standard InChI is InChI=1S/C15H21N3O2/c1-10(2)15-16-7-14(13(9-19)17-15)18(4)8-12-5-6-20-11(12)3/h5-7,10,19H,8-9H2,1-4H3. The smallest absolute Gasteiger partial charge is 0.131 e. The number of nitrogens with zero attached hydrogens (tertiary/aromatic N) is 3. The Hall–Kier alpha value is -1.88. The molecule has 2 aromatic heterocycles. The van der Waals surface area contributed by atoms with Crippen LogP contribution in [-0.2, 0) is 13.2 Å². The van der Waals surface area contributed by atoms with Gasteiger partial charge in [0, 0.05) is 25.1 Å². The highest BCUT2D eigenvalue weighted by Gasteiger charge is 2.14. The first-order valence-corrected chi connectivity index (χ1v) is 6.73. The van der Waals surface area contributed by atoms with Gasteiger partial charge in [0.25, 0.3) is 0 Å². The van der Waals surface area contributed by atoms with Crippen LogP contribution < -0.4 is 4.90 Å². The Kier molecular flexibility index (Phi) is 4.39. The number of hydrogen-bond acceptors (Lipinski definition) is 5. The number of furan rings is 1. The summed E-state index contributed by atoms with van der Waals surface area (Å²) in [6.07, 6.45) is 3.47. The van der Waals surface area contributed by atoms with E-state index in [1.807, 2.05) is 38.8 Å². The maximum Gasteiger partial charge on any atom is 0.131 e. The fourth-order valence-corrected chi connectivity index (χ4v) is 2.06. The van der Waals surface area contributed by atoms with E-state index in [4.69, 9.17) is 4.42 Å². The number of rotatable bonds is 5. The number of aromatic nitrogens is 2. The van der Waals surface area contributed by atoms with Gasteiger partial charge in [0.15, 0.2) is 0 Å². The molecule has 0 aliphatic rings. The van der Waals surface area contributed by atoms with Crippen LogP contribution in [0.25, 0.3) is 0 Å². The minimum atomic E-state index is -0.0910. The van der Waals surface area contributed by atoms with Crippen molar-refractivity contribution < 1.29 is 9.52 Å². The third-order valence-corrected chi connectivity index (χ3v) is 3.32. The number of hydrogen-bond donors (Lipinski definition) is 1. The van der Waals surface area contributed by atoms with Gasteiger partial charge in [-0.25, -0.2) is 9.97 Å². The van der Waals surface area contributed by atoms with Crippen molar-refractivity contribution in [2.45, 2.75) is 39.8 Å². The van der Waals surface area contributed by atoms with Crippen LogP contribution in [0.5, 0.6) is 0 Å². The quantitative estimate of drug-likeness (QED) is 0.908. The lowest BCUT2D eigenvalue weighted by atomic mass is 10.2. The average molecular weight is 275 g/mol. The third kappa shape index (κ3) is 2.99. The van der Waals surface area contributed by atoms with Gasteiger partial charge in [-0.15, -0.1) is 0 Å². The van der Waals surface area contributed by atoms with E-state index in [-0.39, 0.29) is 12.5 Å². The van der Waals surface area contributed by atoms with Crippen molar-refractivity contribution in [3.05, 3.63) is 41.4 Å². The molecule has 5 nitrogen and oxygen atoms in total. The van der Waals surface area contributed by atoms with Crippen LogP contribution in [0.1, 0.15) is 42.6 Å². The van der Waals surface area contributed by atoms with Crippen molar-refractivity contribution in [3.8, 4) is 0 Å². The summed E-state index contributed by atoms with van der Waals surface area (Å²) in [4.78, 5) is 10.8. The van der Waals surface area contributed by atoms with E-state index < -0.39 is 0 Å². The van der Waals surface area contributed by atoms with Crippen molar-refractivity contribution in [1.29, 1.82) is 0 Å². The predicted molar refractivity (Wildman–Crippen MR) is 77.6 cm³/mol. The van der Waals surface area contributed by atoms with Gasteiger partial charge in [-0.05, 0) is 13.0 Å². The first kappa shape index (κ1) is 14.5. The van der Waals surface area contributed by atoms with Crippen LogP contribution in [0.15, 0.2) is 22.9 Å². The van der Waals surface area contributed by atoms with E-state index >= 15 is 0 Å². The number of aliphatic hydroxyl groups excluding tert-OH is 1. The van der Waals surface area contributed by atoms with Gasteiger partial charge in [-0.2, -0.15) is 0 Å². The van der Waals surface area contributed by atoms with Crippen LogP contribution in [-0.4, -0.2) is 22.1 Å². The molecule has 0 bridgehead atoms. The molecule has 0 aliphatic heterocycles. The molecule has 0 atom stereocenters.